The molecule has 0 saturated carbocycles. The normalized spacial score (nSPS) is 10.2. The number of ether oxygens (including phenoxy) is 3. The predicted molar refractivity (Wildman–Crippen MR) is 91.0 cm³/mol. The lowest BCUT2D eigenvalue weighted by Crippen LogP contribution is -2.24. The van der Waals surface area contributed by atoms with Gasteiger partial charge in [0.05, 0.1) is 33.6 Å². The van der Waals surface area contributed by atoms with Gasteiger partial charge in [0.2, 0.25) is 0 Å². The Hall–Kier alpha value is -2.76. The maximum Gasteiger partial charge on any atom is 0.251 e. The maximum atomic E-state index is 12.4. The molecule has 0 aliphatic heterocycles. The molecule has 0 aliphatic carbocycles. The number of nitrogens with one attached hydrogen (secondary N) is 1. The van der Waals surface area contributed by atoms with Gasteiger partial charge in [0.1, 0.15) is 5.75 Å². The van der Waals surface area contributed by atoms with Crippen LogP contribution >= 0.6 is 0 Å². The second-order valence-electron chi connectivity index (χ2n) is 5.30. The van der Waals surface area contributed by atoms with Crippen molar-refractivity contribution in [2.45, 2.75) is 20.4 Å². The molecule has 0 saturated heterocycles. The molecule has 0 spiro atoms. The molecule has 1 heterocycles. The number of aryl methyl sites for hydroxylation is 1. The zero-order valence-electron chi connectivity index (χ0n) is 14.6. The molecule has 0 aliphatic rings. The zero-order valence-corrected chi connectivity index (χ0v) is 14.6. The van der Waals surface area contributed by atoms with Crippen molar-refractivity contribution in [1.29, 1.82) is 0 Å². The van der Waals surface area contributed by atoms with Gasteiger partial charge in [-0.3, -0.25) is 9.78 Å². The molecule has 1 amide bonds. The highest BCUT2D eigenvalue weighted by atomic mass is 16.5. The Labute approximate surface area is 141 Å². The van der Waals surface area contributed by atoms with Crippen molar-refractivity contribution in [3.8, 4) is 17.2 Å². The van der Waals surface area contributed by atoms with Crippen LogP contribution in [0.5, 0.6) is 17.2 Å². The molecule has 2 aromatic rings. The molecule has 0 fully saturated rings. The van der Waals surface area contributed by atoms with Gasteiger partial charge in [-0.05, 0) is 32.0 Å². The summed E-state index contributed by atoms with van der Waals surface area (Å²) < 4.78 is 15.8. The van der Waals surface area contributed by atoms with Gasteiger partial charge in [-0.1, -0.05) is 0 Å². The highest BCUT2D eigenvalue weighted by Crippen LogP contribution is 2.27. The van der Waals surface area contributed by atoms with E-state index in [2.05, 4.69) is 10.3 Å². The molecule has 0 radical (unpaired) electrons. The summed E-state index contributed by atoms with van der Waals surface area (Å²) in [5.74, 6) is 1.67. The standard InChI is InChI=1S/C18H22N2O4/c1-11-9-19-14(12(2)17(11)24-5)10-20-18(21)13-6-7-15(22-3)16(8-13)23-4/h6-9H,10H2,1-5H3,(H,20,21). The second-order valence-corrected chi connectivity index (χ2v) is 5.30. The molecule has 2 rings (SSSR count). The number of rotatable bonds is 6. The van der Waals surface area contributed by atoms with Gasteiger partial charge in [0, 0.05) is 22.9 Å². The molecule has 0 atom stereocenters. The highest BCUT2D eigenvalue weighted by molar-refractivity contribution is 5.94. The Morgan fingerprint density at radius 1 is 1.08 bits per heavy atom. The summed E-state index contributed by atoms with van der Waals surface area (Å²) in [6.07, 6.45) is 1.74. The number of nitrogens with zero attached hydrogens (tertiary/aromatic N) is 1. The summed E-state index contributed by atoms with van der Waals surface area (Å²) in [6, 6.07) is 5.03. The number of benzene rings is 1. The molecule has 0 unspecified atom stereocenters. The Morgan fingerprint density at radius 2 is 1.79 bits per heavy atom. The molecule has 1 aromatic carbocycles. The van der Waals surface area contributed by atoms with Crippen LogP contribution in [-0.2, 0) is 6.54 Å². The number of hydrogen-bond donors (Lipinski definition) is 1. The molecule has 6 nitrogen and oxygen atoms in total. The summed E-state index contributed by atoms with van der Waals surface area (Å²) in [5.41, 5.74) is 3.14. The molecule has 1 N–H and O–H groups in total. The predicted octanol–water partition coefficient (Wildman–Crippen LogP) is 2.65. The summed E-state index contributed by atoms with van der Waals surface area (Å²) in [4.78, 5) is 16.7. The van der Waals surface area contributed by atoms with Gasteiger partial charge >= 0.3 is 0 Å². The van der Waals surface area contributed by atoms with Crippen LogP contribution in [0.1, 0.15) is 27.2 Å². The third-order valence-corrected chi connectivity index (χ3v) is 3.81. The van der Waals surface area contributed by atoms with Crippen LogP contribution in [0.25, 0.3) is 0 Å². The number of carbonyl (C=O) groups excluding carboxylic acids is 1. The first kappa shape index (κ1) is 17.6. The molecular weight excluding hydrogens is 308 g/mol. The summed E-state index contributed by atoms with van der Waals surface area (Å²) in [6.45, 7) is 4.18. The van der Waals surface area contributed by atoms with Crippen molar-refractivity contribution in [2.75, 3.05) is 21.3 Å². The number of carbonyl (C=O) groups is 1. The smallest absolute Gasteiger partial charge is 0.251 e. The van der Waals surface area contributed by atoms with Gasteiger partial charge in [-0.2, -0.15) is 0 Å². The number of hydrogen-bond acceptors (Lipinski definition) is 5. The second kappa shape index (κ2) is 7.68. The van der Waals surface area contributed by atoms with Gasteiger partial charge in [0.15, 0.2) is 11.5 Å². The van der Waals surface area contributed by atoms with Crippen molar-refractivity contribution >= 4 is 5.91 Å². The lowest BCUT2D eigenvalue weighted by atomic mass is 10.1. The number of amides is 1. The van der Waals surface area contributed by atoms with E-state index in [1.165, 1.54) is 7.11 Å². The van der Waals surface area contributed by atoms with E-state index in [-0.39, 0.29) is 5.91 Å². The monoisotopic (exact) mass is 330 g/mol. The first-order valence-electron chi connectivity index (χ1n) is 7.51. The maximum absolute atomic E-state index is 12.4. The van der Waals surface area contributed by atoms with Crippen LogP contribution < -0.4 is 19.5 Å². The van der Waals surface area contributed by atoms with E-state index in [9.17, 15) is 4.79 Å². The van der Waals surface area contributed by atoms with Crippen molar-refractivity contribution < 1.29 is 19.0 Å². The minimum absolute atomic E-state index is 0.211. The van der Waals surface area contributed by atoms with Gasteiger partial charge in [0.25, 0.3) is 5.91 Å². The van der Waals surface area contributed by atoms with Gasteiger partial charge < -0.3 is 19.5 Å². The fraction of sp³-hybridized carbons (Fsp3) is 0.333. The fourth-order valence-electron chi connectivity index (χ4n) is 2.49. The first-order valence-corrected chi connectivity index (χ1v) is 7.51. The average Bonchev–Trinajstić information content (AvgIpc) is 2.60. The van der Waals surface area contributed by atoms with E-state index in [0.717, 1.165) is 22.6 Å². The fourth-order valence-corrected chi connectivity index (χ4v) is 2.49. The quantitative estimate of drug-likeness (QED) is 0.882. The average molecular weight is 330 g/mol. The molecule has 0 bridgehead atoms. The van der Waals surface area contributed by atoms with E-state index in [1.54, 1.807) is 38.6 Å². The Bertz CT molecular complexity index is 744. The number of pyridine rings is 1. The molecule has 6 heteroatoms. The molecule has 128 valence electrons. The van der Waals surface area contributed by atoms with Crippen LogP contribution in [0.3, 0.4) is 0 Å². The number of aromatic nitrogens is 1. The third kappa shape index (κ3) is 3.59. The largest absolute Gasteiger partial charge is 0.496 e. The first-order chi connectivity index (χ1) is 11.5. The lowest BCUT2D eigenvalue weighted by molar-refractivity contribution is 0.0950. The lowest BCUT2D eigenvalue weighted by Gasteiger charge is -2.13. The summed E-state index contributed by atoms with van der Waals surface area (Å²) >= 11 is 0. The Kier molecular flexibility index (Phi) is 5.63. The Morgan fingerprint density at radius 3 is 2.42 bits per heavy atom. The topological polar surface area (TPSA) is 69.7 Å². The number of methoxy groups -OCH3 is 3. The summed E-state index contributed by atoms with van der Waals surface area (Å²) in [5, 5.41) is 2.86. The van der Waals surface area contributed by atoms with E-state index in [1.807, 2.05) is 13.8 Å². The van der Waals surface area contributed by atoms with Crippen LogP contribution in [0, 0.1) is 13.8 Å². The van der Waals surface area contributed by atoms with Crippen molar-refractivity contribution in [3.63, 3.8) is 0 Å². The highest BCUT2D eigenvalue weighted by Gasteiger charge is 2.13. The van der Waals surface area contributed by atoms with E-state index >= 15 is 0 Å². The van der Waals surface area contributed by atoms with Crippen molar-refractivity contribution in [3.05, 3.63) is 46.8 Å². The summed E-state index contributed by atoms with van der Waals surface area (Å²) in [7, 11) is 4.71. The van der Waals surface area contributed by atoms with Gasteiger partial charge in [-0.25, -0.2) is 0 Å². The SMILES string of the molecule is COc1ccc(C(=O)NCc2ncc(C)c(OC)c2C)cc1OC. The van der Waals surface area contributed by atoms with E-state index in [0.29, 0.717) is 23.6 Å². The van der Waals surface area contributed by atoms with Gasteiger partial charge in [-0.15, -0.1) is 0 Å². The van der Waals surface area contributed by atoms with E-state index in [4.69, 9.17) is 14.2 Å². The van der Waals surface area contributed by atoms with Crippen molar-refractivity contribution in [1.82, 2.24) is 10.3 Å². The third-order valence-electron chi connectivity index (χ3n) is 3.81. The van der Waals surface area contributed by atoms with Crippen LogP contribution in [0.2, 0.25) is 0 Å². The Balaban J connectivity index is 2.14. The molecule has 1 aromatic heterocycles. The van der Waals surface area contributed by atoms with Crippen LogP contribution in [-0.4, -0.2) is 32.2 Å². The van der Waals surface area contributed by atoms with Crippen molar-refractivity contribution in [2.24, 2.45) is 0 Å². The van der Waals surface area contributed by atoms with Crippen LogP contribution in [0.4, 0.5) is 0 Å². The molecular formula is C18H22N2O4. The van der Waals surface area contributed by atoms with Crippen LogP contribution in [0.15, 0.2) is 24.4 Å². The minimum Gasteiger partial charge on any atom is -0.496 e. The molecule has 24 heavy (non-hydrogen) atoms. The zero-order chi connectivity index (χ0) is 17.7. The minimum atomic E-state index is -0.211. The van der Waals surface area contributed by atoms with E-state index < -0.39 is 0 Å².